The van der Waals surface area contributed by atoms with Gasteiger partial charge in [0.05, 0.1) is 21.3 Å². The van der Waals surface area contributed by atoms with Crippen LogP contribution in [-0.2, 0) is 11.4 Å². The van der Waals surface area contributed by atoms with Gasteiger partial charge in [0.1, 0.15) is 18.4 Å². The Hall–Kier alpha value is -2.87. The highest BCUT2D eigenvalue weighted by Crippen LogP contribution is 2.26. The van der Waals surface area contributed by atoms with Crippen molar-refractivity contribution in [2.24, 2.45) is 11.0 Å². The van der Waals surface area contributed by atoms with Gasteiger partial charge in [-0.15, -0.1) is 0 Å². The zero-order valence-corrected chi connectivity index (χ0v) is 22.2. The summed E-state index contributed by atoms with van der Waals surface area (Å²) in [6.07, 6.45) is 1.51. The fourth-order valence-corrected chi connectivity index (χ4v) is 4.12. The predicted octanol–water partition coefficient (Wildman–Crippen LogP) is 6.24. The standard InChI is InChI=1S/C26H24BrCl2N3O3/c1-16(2)24(31-25(33)20-10-9-19(28)13-22(20)29)26(34)32-30-14-18-8-11-23(21(27)12-18)35-15-17-6-4-3-5-7-17/h3-14,16,24H,15H2,1-2H3,(H,31,33)(H,32,34)/b30-14+. The molecular weight excluding hydrogens is 553 g/mol. The van der Waals surface area contributed by atoms with Gasteiger partial charge in [-0.2, -0.15) is 5.10 Å². The van der Waals surface area contributed by atoms with Gasteiger partial charge in [0.15, 0.2) is 0 Å². The number of hydrazone groups is 1. The fraction of sp³-hybridized carbons (Fsp3) is 0.192. The second-order valence-corrected chi connectivity index (χ2v) is 9.72. The first-order valence-electron chi connectivity index (χ1n) is 10.8. The van der Waals surface area contributed by atoms with Crippen LogP contribution < -0.4 is 15.5 Å². The number of benzene rings is 3. The summed E-state index contributed by atoms with van der Waals surface area (Å²) in [4.78, 5) is 25.3. The highest BCUT2D eigenvalue weighted by atomic mass is 79.9. The van der Waals surface area contributed by atoms with E-state index in [4.69, 9.17) is 27.9 Å². The molecule has 3 aromatic carbocycles. The highest BCUT2D eigenvalue weighted by molar-refractivity contribution is 9.10. The molecule has 0 bridgehead atoms. The van der Waals surface area contributed by atoms with E-state index in [2.05, 4.69) is 31.8 Å². The Bertz CT molecular complexity index is 1220. The molecule has 3 aromatic rings. The van der Waals surface area contributed by atoms with Gasteiger partial charge in [0, 0.05) is 5.02 Å². The highest BCUT2D eigenvalue weighted by Gasteiger charge is 2.25. The van der Waals surface area contributed by atoms with Crippen molar-refractivity contribution in [1.82, 2.24) is 10.7 Å². The van der Waals surface area contributed by atoms with Crippen molar-refractivity contribution < 1.29 is 14.3 Å². The second kappa shape index (κ2) is 12.7. The van der Waals surface area contributed by atoms with Crippen LogP contribution in [0.4, 0.5) is 0 Å². The van der Waals surface area contributed by atoms with Crippen molar-refractivity contribution in [2.45, 2.75) is 26.5 Å². The molecule has 35 heavy (non-hydrogen) atoms. The van der Waals surface area contributed by atoms with Crippen molar-refractivity contribution in [3.05, 3.63) is 97.9 Å². The Kier molecular flexibility index (Phi) is 9.72. The summed E-state index contributed by atoms with van der Waals surface area (Å²) in [7, 11) is 0. The van der Waals surface area contributed by atoms with E-state index in [0.29, 0.717) is 17.4 Å². The molecule has 0 spiro atoms. The van der Waals surface area contributed by atoms with Gasteiger partial charge in [-0.05, 0) is 69.4 Å². The summed E-state index contributed by atoms with van der Waals surface area (Å²) in [5.41, 5.74) is 4.54. The second-order valence-electron chi connectivity index (χ2n) is 8.02. The van der Waals surface area contributed by atoms with E-state index in [9.17, 15) is 9.59 Å². The third-order valence-corrected chi connectivity index (χ3v) is 6.16. The Morgan fingerprint density at radius 2 is 1.80 bits per heavy atom. The molecule has 0 aliphatic rings. The summed E-state index contributed by atoms with van der Waals surface area (Å²) >= 11 is 15.5. The van der Waals surface area contributed by atoms with E-state index in [1.165, 1.54) is 18.3 Å². The van der Waals surface area contributed by atoms with Crippen LogP contribution in [0, 0.1) is 5.92 Å². The first kappa shape index (κ1) is 26.7. The molecule has 182 valence electrons. The molecule has 0 saturated heterocycles. The van der Waals surface area contributed by atoms with Gasteiger partial charge in [0.25, 0.3) is 11.8 Å². The Morgan fingerprint density at radius 1 is 1.06 bits per heavy atom. The number of hydrogen-bond donors (Lipinski definition) is 2. The lowest BCUT2D eigenvalue weighted by atomic mass is 10.0. The maximum absolute atomic E-state index is 12.7. The summed E-state index contributed by atoms with van der Waals surface area (Å²) in [5, 5.41) is 7.37. The average Bonchev–Trinajstić information content (AvgIpc) is 2.82. The minimum absolute atomic E-state index is 0.185. The molecule has 3 rings (SSSR count). The number of amides is 2. The molecule has 9 heteroatoms. The Balaban J connectivity index is 1.59. The van der Waals surface area contributed by atoms with Crippen LogP contribution in [0.15, 0.2) is 76.3 Å². The van der Waals surface area contributed by atoms with Gasteiger partial charge >= 0.3 is 0 Å². The lowest BCUT2D eigenvalue weighted by Crippen LogP contribution is -2.48. The van der Waals surface area contributed by atoms with Crippen molar-refractivity contribution in [2.75, 3.05) is 0 Å². The molecule has 6 nitrogen and oxygen atoms in total. The third-order valence-electron chi connectivity index (χ3n) is 4.99. The molecule has 1 atom stereocenters. The van der Waals surface area contributed by atoms with Gasteiger partial charge in [-0.3, -0.25) is 9.59 Å². The van der Waals surface area contributed by atoms with Crippen molar-refractivity contribution in [3.63, 3.8) is 0 Å². The topological polar surface area (TPSA) is 79.8 Å². The molecular formula is C26H24BrCl2N3O3. The van der Waals surface area contributed by atoms with E-state index < -0.39 is 17.9 Å². The SMILES string of the molecule is CC(C)C(NC(=O)c1ccc(Cl)cc1Cl)C(=O)N/N=C/c1ccc(OCc2ccccc2)c(Br)c1. The Labute approximate surface area is 222 Å². The zero-order chi connectivity index (χ0) is 25.4. The van der Waals surface area contributed by atoms with Crippen molar-refractivity contribution in [3.8, 4) is 5.75 Å². The van der Waals surface area contributed by atoms with E-state index in [-0.39, 0.29) is 16.5 Å². The molecule has 0 radical (unpaired) electrons. The third kappa shape index (κ3) is 7.82. The van der Waals surface area contributed by atoms with E-state index in [1.54, 1.807) is 6.07 Å². The maximum atomic E-state index is 12.7. The fourth-order valence-electron chi connectivity index (χ4n) is 3.12. The number of hydrogen-bond acceptors (Lipinski definition) is 4. The van der Waals surface area contributed by atoms with Crippen LogP contribution in [0.5, 0.6) is 5.75 Å². The molecule has 0 heterocycles. The maximum Gasteiger partial charge on any atom is 0.262 e. The molecule has 2 amide bonds. The summed E-state index contributed by atoms with van der Waals surface area (Å²) < 4.78 is 6.61. The first-order chi connectivity index (χ1) is 16.7. The van der Waals surface area contributed by atoms with E-state index in [0.717, 1.165) is 15.6 Å². The van der Waals surface area contributed by atoms with Crippen molar-refractivity contribution >= 4 is 57.2 Å². The normalized spacial score (nSPS) is 11.9. The smallest absolute Gasteiger partial charge is 0.262 e. The lowest BCUT2D eigenvalue weighted by Gasteiger charge is -2.20. The van der Waals surface area contributed by atoms with Gasteiger partial charge in [-0.1, -0.05) is 67.4 Å². The van der Waals surface area contributed by atoms with Gasteiger partial charge < -0.3 is 10.1 Å². The van der Waals surface area contributed by atoms with Gasteiger partial charge in [-0.25, -0.2) is 5.43 Å². The molecule has 0 aliphatic carbocycles. The number of nitrogens with zero attached hydrogens (tertiary/aromatic N) is 1. The summed E-state index contributed by atoms with van der Waals surface area (Å²) in [6.45, 7) is 4.10. The van der Waals surface area contributed by atoms with Crippen LogP contribution in [0.2, 0.25) is 10.0 Å². The molecule has 2 N–H and O–H groups in total. The Morgan fingerprint density at radius 3 is 2.46 bits per heavy atom. The quantitative estimate of drug-likeness (QED) is 0.234. The minimum Gasteiger partial charge on any atom is -0.488 e. The number of nitrogens with one attached hydrogen (secondary N) is 2. The van der Waals surface area contributed by atoms with E-state index in [1.807, 2.05) is 62.4 Å². The van der Waals surface area contributed by atoms with Crippen LogP contribution in [-0.4, -0.2) is 24.1 Å². The summed E-state index contributed by atoms with van der Waals surface area (Å²) in [5.74, 6) is -0.412. The molecule has 1 unspecified atom stereocenters. The number of halogens is 3. The number of ether oxygens (including phenoxy) is 1. The van der Waals surface area contributed by atoms with E-state index >= 15 is 0 Å². The molecule has 0 aromatic heterocycles. The van der Waals surface area contributed by atoms with Gasteiger partial charge in [0.2, 0.25) is 0 Å². The lowest BCUT2D eigenvalue weighted by molar-refractivity contribution is -0.123. The number of rotatable bonds is 9. The largest absolute Gasteiger partial charge is 0.488 e. The van der Waals surface area contributed by atoms with Crippen LogP contribution in [0.1, 0.15) is 35.3 Å². The zero-order valence-electron chi connectivity index (χ0n) is 19.1. The minimum atomic E-state index is -0.813. The van der Waals surface area contributed by atoms with Crippen LogP contribution in [0.25, 0.3) is 0 Å². The van der Waals surface area contributed by atoms with Crippen LogP contribution in [0.3, 0.4) is 0 Å². The molecule has 0 saturated carbocycles. The molecule has 0 fully saturated rings. The predicted molar refractivity (Wildman–Crippen MR) is 143 cm³/mol. The summed E-state index contributed by atoms with van der Waals surface area (Å²) in [6, 6.07) is 19.1. The monoisotopic (exact) mass is 575 g/mol. The number of carbonyl (C=O) groups is 2. The average molecular weight is 577 g/mol. The van der Waals surface area contributed by atoms with Crippen LogP contribution >= 0.6 is 39.1 Å². The number of carbonyl (C=O) groups excluding carboxylic acids is 2. The first-order valence-corrected chi connectivity index (χ1v) is 12.3. The van der Waals surface area contributed by atoms with Crippen molar-refractivity contribution in [1.29, 1.82) is 0 Å². The molecule has 0 aliphatic heterocycles.